The molecule has 0 radical (unpaired) electrons. The first-order chi connectivity index (χ1) is 9.90. The number of nitrogens with one attached hydrogen (secondary N) is 1. The van der Waals surface area contributed by atoms with Crippen molar-refractivity contribution >= 4 is 0 Å². The second-order valence-electron chi connectivity index (χ2n) is 5.53. The van der Waals surface area contributed by atoms with Crippen LogP contribution in [0.1, 0.15) is 37.8 Å². The molecule has 110 valence electrons. The van der Waals surface area contributed by atoms with E-state index in [0.29, 0.717) is 12.8 Å². The molecule has 0 unspecified atom stereocenters. The van der Waals surface area contributed by atoms with Crippen LogP contribution in [0.4, 0.5) is 0 Å². The molecule has 4 heteroatoms. The first-order valence-corrected chi connectivity index (χ1v) is 7.73. The van der Waals surface area contributed by atoms with Gasteiger partial charge in [-0.05, 0) is 12.5 Å². The van der Waals surface area contributed by atoms with Crippen molar-refractivity contribution in [3.63, 3.8) is 0 Å². The molecule has 4 nitrogen and oxygen atoms in total. The number of hydrogen-bond donors (Lipinski definition) is 1. The molecule has 0 aliphatic carbocycles. The van der Waals surface area contributed by atoms with E-state index in [0.717, 1.165) is 37.7 Å². The van der Waals surface area contributed by atoms with Crippen LogP contribution < -0.4 is 14.8 Å². The molecular formula is C16H24N2O2. The van der Waals surface area contributed by atoms with Gasteiger partial charge in [0.1, 0.15) is 0 Å². The predicted molar refractivity (Wildman–Crippen MR) is 79.3 cm³/mol. The van der Waals surface area contributed by atoms with Gasteiger partial charge in [0.15, 0.2) is 11.5 Å². The maximum atomic E-state index is 5.72. The molecule has 20 heavy (non-hydrogen) atoms. The Morgan fingerprint density at radius 1 is 1.25 bits per heavy atom. The number of ether oxygens (including phenoxy) is 2. The topological polar surface area (TPSA) is 33.7 Å². The minimum absolute atomic E-state index is 0.356. The molecule has 1 saturated heterocycles. The van der Waals surface area contributed by atoms with E-state index >= 15 is 0 Å². The molecule has 1 aromatic carbocycles. The second-order valence-corrected chi connectivity index (χ2v) is 5.53. The lowest BCUT2D eigenvalue weighted by Gasteiger charge is -2.35. The molecule has 1 N–H and O–H groups in total. The third-order valence-electron chi connectivity index (χ3n) is 4.21. The predicted octanol–water partition coefficient (Wildman–Crippen LogP) is 2.55. The van der Waals surface area contributed by atoms with Crippen LogP contribution in [0.25, 0.3) is 0 Å². The molecule has 3 rings (SSSR count). The van der Waals surface area contributed by atoms with Gasteiger partial charge < -0.3 is 14.8 Å². The fourth-order valence-electron chi connectivity index (χ4n) is 3.14. The second kappa shape index (κ2) is 6.46. The molecule has 2 aliphatic rings. The first kappa shape index (κ1) is 13.7. The Labute approximate surface area is 121 Å². The molecule has 1 atom stereocenters. The third-order valence-corrected chi connectivity index (χ3v) is 4.21. The number of benzene rings is 1. The van der Waals surface area contributed by atoms with Crippen LogP contribution in [-0.4, -0.2) is 37.9 Å². The van der Waals surface area contributed by atoms with Crippen molar-refractivity contribution in [3.8, 4) is 11.5 Å². The quantitative estimate of drug-likeness (QED) is 0.896. The van der Waals surface area contributed by atoms with E-state index in [4.69, 9.17) is 9.47 Å². The van der Waals surface area contributed by atoms with Crippen molar-refractivity contribution in [1.82, 2.24) is 10.2 Å². The van der Waals surface area contributed by atoms with Crippen LogP contribution in [0, 0.1) is 0 Å². The Morgan fingerprint density at radius 2 is 2.10 bits per heavy atom. The van der Waals surface area contributed by atoms with Crippen molar-refractivity contribution in [3.05, 3.63) is 23.8 Å². The summed E-state index contributed by atoms with van der Waals surface area (Å²) >= 11 is 0. The number of fused-ring (bicyclic) bond motifs is 1. The molecule has 0 amide bonds. The molecule has 0 aromatic heterocycles. The van der Waals surface area contributed by atoms with Gasteiger partial charge in [0.05, 0.1) is 0 Å². The van der Waals surface area contributed by atoms with Crippen molar-refractivity contribution in [2.75, 3.05) is 33.0 Å². The summed E-state index contributed by atoms with van der Waals surface area (Å²) in [6.07, 6.45) is 3.67. The van der Waals surface area contributed by atoms with Gasteiger partial charge >= 0.3 is 0 Å². The number of para-hydroxylation sites is 1. The van der Waals surface area contributed by atoms with Gasteiger partial charge in [-0.1, -0.05) is 31.9 Å². The highest BCUT2D eigenvalue weighted by Gasteiger charge is 2.27. The summed E-state index contributed by atoms with van der Waals surface area (Å²) in [4.78, 5) is 2.59. The molecule has 2 heterocycles. The Bertz CT molecular complexity index is 444. The molecule has 0 spiro atoms. The van der Waals surface area contributed by atoms with Gasteiger partial charge in [-0.25, -0.2) is 0 Å². The normalized spacial score (nSPS) is 20.1. The average molecular weight is 276 g/mol. The summed E-state index contributed by atoms with van der Waals surface area (Å²) in [6, 6.07) is 6.74. The van der Waals surface area contributed by atoms with Crippen molar-refractivity contribution in [2.24, 2.45) is 0 Å². The maximum absolute atomic E-state index is 5.72. The Hall–Kier alpha value is -1.26. The van der Waals surface area contributed by atoms with Crippen LogP contribution in [0.2, 0.25) is 0 Å². The zero-order valence-corrected chi connectivity index (χ0v) is 12.2. The first-order valence-electron chi connectivity index (χ1n) is 7.73. The molecular weight excluding hydrogens is 252 g/mol. The highest BCUT2D eigenvalue weighted by atomic mass is 16.7. The number of rotatable bonds is 5. The minimum atomic E-state index is 0.356. The van der Waals surface area contributed by atoms with Crippen molar-refractivity contribution in [1.29, 1.82) is 0 Å². The molecule has 1 fully saturated rings. The number of piperazine rings is 1. The number of nitrogens with zero attached hydrogens (tertiary/aromatic N) is 1. The minimum Gasteiger partial charge on any atom is -0.454 e. The number of hydrogen-bond acceptors (Lipinski definition) is 4. The van der Waals surface area contributed by atoms with Crippen molar-refractivity contribution in [2.45, 2.75) is 32.2 Å². The molecule has 0 saturated carbocycles. The van der Waals surface area contributed by atoms with Crippen LogP contribution in [0.3, 0.4) is 0 Å². The standard InChI is InChI=1S/C16H24N2O2/c1-2-3-6-14(18-10-8-17-9-11-18)13-5-4-7-15-16(13)20-12-19-15/h4-5,7,14,17H,2-3,6,8-12H2,1H3/t14-/m0/s1. The van der Waals surface area contributed by atoms with Crippen LogP contribution in [0.5, 0.6) is 11.5 Å². The SMILES string of the molecule is CCCC[C@@H](c1cccc2c1OCO2)N1CCNCC1. The van der Waals surface area contributed by atoms with E-state index < -0.39 is 0 Å². The van der Waals surface area contributed by atoms with Gasteiger partial charge in [-0.2, -0.15) is 0 Å². The maximum Gasteiger partial charge on any atom is 0.231 e. The zero-order valence-electron chi connectivity index (χ0n) is 12.2. The van der Waals surface area contributed by atoms with Crippen molar-refractivity contribution < 1.29 is 9.47 Å². The average Bonchev–Trinajstić information content (AvgIpc) is 2.98. The van der Waals surface area contributed by atoms with Gasteiger partial charge in [0.2, 0.25) is 6.79 Å². The monoisotopic (exact) mass is 276 g/mol. The lowest BCUT2D eigenvalue weighted by molar-refractivity contribution is 0.152. The Morgan fingerprint density at radius 3 is 2.90 bits per heavy atom. The molecule has 0 bridgehead atoms. The summed E-state index contributed by atoms with van der Waals surface area (Å²) in [7, 11) is 0. The Kier molecular flexibility index (Phi) is 4.43. The zero-order chi connectivity index (χ0) is 13.8. The summed E-state index contributed by atoms with van der Waals surface area (Å²) in [6.45, 7) is 6.99. The Balaban J connectivity index is 1.86. The van der Waals surface area contributed by atoms with E-state index in [1.54, 1.807) is 0 Å². The summed E-state index contributed by atoms with van der Waals surface area (Å²) < 4.78 is 11.2. The molecule has 2 aliphatic heterocycles. The highest BCUT2D eigenvalue weighted by molar-refractivity contribution is 5.49. The largest absolute Gasteiger partial charge is 0.454 e. The van der Waals surface area contributed by atoms with E-state index in [-0.39, 0.29) is 0 Å². The van der Waals surface area contributed by atoms with E-state index in [1.165, 1.54) is 24.8 Å². The smallest absolute Gasteiger partial charge is 0.231 e. The molecule has 1 aromatic rings. The summed E-state index contributed by atoms with van der Waals surface area (Å²) in [5.41, 5.74) is 1.30. The summed E-state index contributed by atoms with van der Waals surface area (Å²) in [5.74, 6) is 1.87. The highest BCUT2D eigenvalue weighted by Crippen LogP contribution is 2.41. The van der Waals surface area contributed by atoms with E-state index in [9.17, 15) is 0 Å². The van der Waals surface area contributed by atoms with E-state index in [1.807, 2.05) is 6.07 Å². The van der Waals surface area contributed by atoms with Gasteiger partial charge in [0.25, 0.3) is 0 Å². The van der Waals surface area contributed by atoms with Gasteiger partial charge in [-0.15, -0.1) is 0 Å². The summed E-state index contributed by atoms with van der Waals surface area (Å²) in [5, 5.41) is 3.43. The van der Waals surface area contributed by atoms with Crippen LogP contribution in [-0.2, 0) is 0 Å². The van der Waals surface area contributed by atoms with E-state index in [2.05, 4.69) is 29.3 Å². The lowest BCUT2D eigenvalue weighted by Crippen LogP contribution is -2.45. The van der Waals surface area contributed by atoms with Gasteiger partial charge in [0, 0.05) is 37.8 Å². The van der Waals surface area contributed by atoms with Gasteiger partial charge in [-0.3, -0.25) is 4.90 Å². The van der Waals surface area contributed by atoms with Crippen LogP contribution in [0.15, 0.2) is 18.2 Å². The fourth-order valence-corrected chi connectivity index (χ4v) is 3.14. The number of unbranched alkanes of at least 4 members (excludes halogenated alkanes) is 1. The van der Waals surface area contributed by atoms with Crippen LogP contribution >= 0.6 is 0 Å². The third kappa shape index (κ3) is 2.76. The fraction of sp³-hybridized carbons (Fsp3) is 0.625. The lowest BCUT2D eigenvalue weighted by atomic mass is 9.97.